The van der Waals surface area contributed by atoms with E-state index >= 15 is 0 Å². The maximum absolute atomic E-state index is 13.7. The van der Waals surface area contributed by atoms with Crippen molar-refractivity contribution in [2.24, 2.45) is 0 Å². The number of nitrogens with zero attached hydrogens (tertiary/aromatic N) is 4. The lowest BCUT2D eigenvalue weighted by molar-refractivity contribution is 0.138. The first-order valence-electron chi connectivity index (χ1n) is 13.4. The highest BCUT2D eigenvalue weighted by Crippen LogP contribution is 2.37. The molecule has 1 aliphatic rings. The molecule has 8 nitrogen and oxygen atoms in total. The first kappa shape index (κ1) is 28.1. The van der Waals surface area contributed by atoms with Gasteiger partial charge in [0, 0.05) is 35.2 Å². The average molecular weight is 571 g/mol. The van der Waals surface area contributed by atoms with Gasteiger partial charge in [-0.3, -0.25) is 9.99 Å². The number of hydrogen-bond acceptors (Lipinski definition) is 8. The third kappa shape index (κ3) is 6.04. The minimum Gasteiger partial charge on any atom is -0.377 e. The van der Waals surface area contributed by atoms with Gasteiger partial charge in [-0.05, 0) is 56.5 Å². The van der Waals surface area contributed by atoms with Crippen LogP contribution in [0.1, 0.15) is 62.9 Å². The van der Waals surface area contributed by atoms with Crippen molar-refractivity contribution in [3.8, 4) is 6.07 Å². The van der Waals surface area contributed by atoms with Crippen LogP contribution in [0.25, 0.3) is 10.9 Å². The van der Waals surface area contributed by atoms with E-state index in [1.165, 1.54) is 12.3 Å². The lowest BCUT2D eigenvalue weighted by Gasteiger charge is -2.30. The van der Waals surface area contributed by atoms with Crippen LogP contribution in [0.4, 0.5) is 15.8 Å². The number of halogens is 2. The first-order valence-corrected chi connectivity index (χ1v) is 13.8. The molecule has 0 saturated carbocycles. The van der Waals surface area contributed by atoms with Crippen molar-refractivity contribution in [2.45, 2.75) is 51.7 Å². The zero-order chi connectivity index (χ0) is 29.1. The summed E-state index contributed by atoms with van der Waals surface area (Å²) in [6.07, 6.45) is 5.83. The quantitative estimate of drug-likeness (QED) is 0.168. The molecule has 5 rings (SSSR count). The third-order valence-electron chi connectivity index (χ3n) is 6.99. The summed E-state index contributed by atoms with van der Waals surface area (Å²) in [6, 6.07) is 18.7. The molecular weight excluding hydrogens is 539 g/mol. The molecule has 0 radical (unpaired) electrons. The highest BCUT2D eigenvalue weighted by Gasteiger charge is 2.28. The Kier molecular flexibility index (Phi) is 7.97. The molecule has 3 heterocycles. The molecule has 1 aliphatic heterocycles. The molecule has 2 aromatic carbocycles. The third-order valence-corrected chi connectivity index (χ3v) is 7.28. The fourth-order valence-corrected chi connectivity index (χ4v) is 5.03. The lowest BCUT2D eigenvalue weighted by Crippen LogP contribution is -2.47. The van der Waals surface area contributed by atoms with Gasteiger partial charge in [-0.2, -0.15) is 9.65 Å². The minimum absolute atomic E-state index is 0.0235. The summed E-state index contributed by atoms with van der Waals surface area (Å²) in [5.74, 6) is -0.557. The van der Waals surface area contributed by atoms with Crippen LogP contribution in [-0.4, -0.2) is 20.5 Å². The van der Waals surface area contributed by atoms with E-state index < -0.39 is 12.0 Å². The number of aromatic nitrogens is 2. The number of pyridine rings is 2. The number of hydrazine groups is 2. The molecule has 2 aromatic heterocycles. The van der Waals surface area contributed by atoms with Crippen molar-refractivity contribution < 1.29 is 4.39 Å². The zero-order valence-electron chi connectivity index (χ0n) is 23.3. The molecule has 1 unspecified atom stereocenters. The second-order valence-corrected chi connectivity index (χ2v) is 11.3. The van der Waals surface area contributed by atoms with Gasteiger partial charge in [0.15, 0.2) is 0 Å². The predicted molar refractivity (Wildman–Crippen MR) is 161 cm³/mol. The molecule has 4 N–H and O–H groups in total. The van der Waals surface area contributed by atoms with Crippen molar-refractivity contribution >= 4 is 33.9 Å². The molecule has 0 amide bonds. The fraction of sp³-hybridized carbons (Fsp3) is 0.258. The van der Waals surface area contributed by atoms with Gasteiger partial charge in [0.05, 0.1) is 39.6 Å². The molecule has 210 valence electrons. The molecule has 0 spiro atoms. The summed E-state index contributed by atoms with van der Waals surface area (Å²) in [5, 5.41) is 20.2. The second kappa shape index (κ2) is 11.6. The normalized spacial score (nSPS) is 14.7. The van der Waals surface area contributed by atoms with E-state index in [0.29, 0.717) is 32.9 Å². The van der Waals surface area contributed by atoms with Crippen LogP contribution in [0.5, 0.6) is 0 Å². The molecule has 2 atom stereocenters. The first-order chi connectivity index (χ1) is 19.7. The molecule has 4 aromatic rings. The van der Waals surface area contributed by atoms with Crippen LogP contribution in [0.15, 0.2) is 78.9 Å². The Morgan fingerprint density at radius 1 is 1.05 bits per heavy atom. The van der Waals surface area contributed by atoms with Gasteiger partial charge in [-0.1, -0.05) is 54.9 Å². The Bertz CT molecular complexity index is 1610. The van der Waals surface area contributed by atoms with Crippen molar-refractivity contribution in [3.05, 3.63) is 107 Å². The number of nitriles is 1. The van der Waals surface area contributed by atoms with Crippen molar-refractivity contribution in [3.63, 3.8) is 0 Å². The summed E-state index contributed by atoms with van der Waals surface area (Å²) in [6.45, 7) is 8.34. The highest BCUT2D eigenvalue weighted by molar-refractivity contribution is 6.35. The Balaban J connectivity index is 1.58. The average Bonchev–Trinajstić information content (AvgIpc) is 3.47. The van der Waals surface area contributed by atoms with Gasteiger partial charge < -0.3 is 16.1 Å². The topological polar surface area (TPSA) is 101 Å². The Morgan fingerprint density at radius 2 is 1.83 bits per heavy atom. The van der Waals surface area contributed by atoms with E-state index in [2.05, 4.69) is 77.5 Å². The number of anilines is 2. The Labute approximate surface area is 244 Å². The fourth-order valence-electron chi connectivity index (χ4n) is 4.77. The van der Waals surface area contributed by atoms with Gasteiger partial charge in [-0.15, -0.1) is 5.53 Å². The SMILES string of the molecule is CC[C@@H](Nc1c(C#N)cnc2c(Cl)cc(NC(C3=CN(C(C)(C)C)NN3)c3ccc(F)nc3)cc12)c1ccccc1. The Morgan fingerprint density at radius 3 is 2.46 bits per heavy atom. The molecule has 41 heavy (non-hydrogen) atoms. The van der Waals surface area contributed by atoms with Crippen LogP contribution >= 0.6 is 11.6 Å². The summed E-state index contributed by atoms with van der Waals surface area (Å²) in [7, 11) is 0. The maximum atomic E-state index is 13.7. The van der Waals surface area contributed by atoms with Crippen LogP contribution in [0, 0.1) is 17.3 Å². The van der Waals surface area contributed by atoms with Gasteiger partial charge in [-0.25, -0.2) is 4.98 Å². The van der Waals surface area contributed by atoms with Crippen molar-refractivity contribution in [1.29, 1.82) is 5.26 Å². The molecular formula is C31H32ClFN8. The van der Waals surface area contributed by atoms with Crippen LogP contribution in [-0.2, 0) is 0 Å². The summed E-state index contributed by atoms with van der Waals surface area (Å²) in [5.41, 5.74) is 11.2. The molecule has 0 saturated heterocycles. The van der Waals surface area contributed by atoms with Crippen LogP contribution < -0.4 is 21.6 Å². The van der Waals surface area contributed by atoms with Crippen molar-refractivity contribution in [2.75, 3.05) is 10.6 Å². The van der Waals surface area contributed by atoms with Gasteiger partial charge >= 0.3 is 0 Å². The second-order valence-electron chi connectivity index (χ2n) is 10.9. The van der Waals surface area contributed by atoms with Gasteiger partial charge in [0.2, 0.25) is 5.95 Å². The monoisotopic (exact) mass is 570 g/mol. The summed E-state index contributed by atoms with van der Waals surface area (Å²) >= 11 is 6.78. The molecule has 0 bridgehead atoms. The van der Waals surface area contributed by atoms with E-state index in [9.17, 15) is 9.65 Å². The van der Waals surface area contributed by atoms with Crippen molar-refractivity contribution in [1.82, 2.24) is 25.9 Å². The van der Waals surface area contributed by atoms with Gasteiger partial charge in [0.1, 0.15) is 6.07 Å². The van der Waals surface area contributed by atoms with E-state index in [1.807, 2.05) is 35.5 Å². The summed E-state index contributed by atoms with van der Waals surface area (Å²) < 4.78 is 13.7. The van der Waals surface area contributed by atoms with E-state index in [0.717, 1.165) is 23.2 Å². The van der Waals surface area contributed by atoms with Crippen LogP contribution in [0.3, 0.4) is 0 Å². The van der Waals surface area contributed by atoms with E-state index in [-0.39, 0.29) is 11.6 Å². The molecule has 0 fully saturated rings. The van der Waals surface area contributed by atoms with Crippen LogP contribution in [0.2, 0.25) is 5.02 Å². The highest BCUT2D eigenvalue weighted by atomic mass is 35.5. The smallest absolute Gasteiger partial charge is 0.212 e. The zero-order valence-corrected chi connectivity index (χ0v) is 24.1. The largest absolute Gasteiger partial charge is 0.377 e. The standard InChI is InChI=1S/C31H32ClFN8/c1-5-25(19-9-7-6-8-10-19)38-28-21(15-34)17-36-30-23(28)13-22(14-24(30)32)37-29(20-11-12-27(33)35-16-20)26-18-41(40-39-26)31(2,3)4/h6-14,16-18,25,29,37,39-40H,5H2,1-4H3,(H,36,38)/t25-,29?/m1/s1. The number of fused-ring (bicyclic) bond motifs is 1. The lowest BCUT2D eigenvalue weighted by atomic mass is 10.0. The minimum atomic E-state index is -0.557. The van der Waals surface area contributed by atoms with Gasteiger partial charge in [0.25, 0.3) is 0 Å². The number of nitrogens with one attached hydrogen (secondary N) is 4. The van der Waals surface area contributed by atoms with E-state index in [1.54, 1.807) is 18.3 Å². The Hall–Kier alpha value is -4.39. The number of hydrogen-bond donors (Lipinski definition) is 4. The van der Waals surface area contributed by atoms with E-state index in [4.69, 9.17) is 11.6 Å². The number of benzene rings is 2. The maximum Gasteiger partial charge on any atom is 0.212 e. The predicted octanol–water partition coefficient (Wildman–Crippen LogP) is 6.98. The molecule has 10 heteroatoms. The molecule has 0 aliphatic carbocycles. The number of rotatable bonds is 8. The summed E-state index contributed by atoms with van der Waals surface area (Å²) in [4.78, 5) is 8.38.